The zero-order valence-electron chi connectivity index (χ0n) is 16.9. The highest BCUT2D eigenvalue weighted by molar-refractivity contribution is 5.80. The van der Waals surface area contributed by atoms with Crippen LogP contribution >= 0.6 is 0 Å². The van der Waals surface area contributed by atoms with E-state index in [4.69, 9.17) is 23.6 Å². The molecule has 0 radical (unpaired) electrons. The van der Waals surface area contributed by atoms with Gasteiger partial charge in [0.05, 0.1) is 25.7 Å². The van der Waals surface area contributed by atoms with Gasteiger partial charge in [0.1, 0.15) is 22.8 Å². The second kappa shape index (κ2) is 9.42. The van der Waals surface area contributed by atoms with Gasteiger partial charge in [-0.05, 0) is 62.7 Å². The van der Waals surface area contributed by atoms with Crippen molar-refractivity contribution in [3.8, 4) is 22.8 Å². The Labute approximate surface area is 165 Å². The average Bonchev–Trinajstić information content (AvgIpc) is 2.72. The molecule has 5 nitrogen and oxygen atoms in total. The SMILES string of the molecule is COc1ccc(-c2cc(=NCCCOC(C)C)c3cc(OC)ccc3o2)cc1. The predicted octanol–water partition coefficient (Wildman–Crippen LogP) is 4.83. The van der Waals surface area contributed by atoms with E-state index in [0.29, 0.717) is 13.2 Å². The van der Waals surface area contributed by atoms with Crippen LogP contribution in [-0.2, 0) is 4.74 Å². The lowest BCUT2D eigenvalue weighted by atomic mass is 10.1. The van der Waals surface area contributed by atoms with E-state index in [2.05, 4.69) is 0 Å². The first-order valence-electron chi connectivity index (χ1n) is 9.49. The molecule has 2 aromatic carbocycles. The lowest BCUT2D eigenvalue weighted by molar-refractivity contribution is 0.0782. The van der Waals surface area contributed by atoms with E-state index in [1.165, 1.54) is 0 Å². The average molecular weight is 381 g/mol. The summed E-state index contributed by atoms with van der Waals surface area (Å²) in [6.45, 7) is 5.46. The zero-order valence-corrected chi connectivity index (χ0v) is 16.9. The Balaban J connectivity index is 1.99. The minimum Gasteiger partial charge on any atom is -0.497 e. The summed E-state index contributed by atoms with van der Waals surface area (Å²) in [5, 5.41) is 1.82. The third kappa shape index (κ3) is 4.93. The molecule has 0 saturated carbocycles. The zero-order chi connectivity index (χ0) is 19.9. The molecule has 0 amide bonds. The second-order valence-corrected chi connectivity index (χ2v) is 6.74. The van der Waals surface area contributed by atoms with E-state index >= 15 is 0 Å². The van der Waals surface area contributed by atoms with E-state index in [1.54, 1.807) is 14.2 Å². The van der Waals surface area contributed by atoms with E-state index < -0.39 is 0 Å². The van der Waals surface area contributed by atoms with Gasteiger partial charge in [-0.25, -0.2) is 0 Å². The van der Waals surface area contributed by atoms with Gasteiger partial charge in [0.25, 0.3) is 0 Å². The Morgan fingerprint density at radius 2 is 1.64 bits per heavy atom. The third-order valence-corrected chi connectivity index (χ3v) is 4.36. The summed E-state index contributed by atoms with van der Waals surface area (Å²) in [4.78, 5) is 4.81. The number of hydrogen-bond acceptors (Lipinski definition) is 5. The predicted molar refractivity (Wildman–Crippen MR) is 111 cm³/mol. The van der Waals surface area contributed by atoms with E-state index in [0.717, 1.165) is 45.6 Å². The molecule has 1 heterocycles. The number of nitrogens with zero attached hydrogens (tertiary/aromatic N) is 1. The van der Waals surface area contributed by atoms with Crippen LogP contribution in [0.2, 0.25) is 0 Å². The Morgan fingerprint density at radius 1 is 0.929 bits per heavy atom. The third-order valence-electron chi connectivity index (χ3n) is 4.36. The van der Waals surface area contributed by atoms with Gasteiger partial charge in [0.15, 0.2) is 0 Å². The summed E-state index contributed by atoms with van der Waals surface area (Å²) < 4.78 is 22.4. The largest absolute Gasteiger partial charge is 0.497 e. The summed E-state index contributed by atoms with van der Waals surface area (Å²) in [6.07, 6.45) is 1.11. The summed E-state index contributed by atoms with van der Waals surface area (Å²) >= 11 is 0. The highest BCUT2D eigenvalue weighted by Gasteiger charge is 2.08. The van der Waals surface area contributed by atoms with Crippen LogP contribution < -0.4 is 14.8 Å². The van der Waals surface area contributed by atoms with Crippen LogP contribution in [0.15, 0.2) is 57.9 Å². The molecule has 0 atom stereocenters. The fourth-order valence-electron chi connectivity index (χ4n) is 2.89. The first-order chi connectivity index (χ1) is 13.6. The molecule has 0 aliphatic carbocycles. The van der Waals surface area contributed by atoms with Crippen LogP contribution in [0.5, 0.6) is 11.5 Å². The number of ether oxygens (including phenoxy) is 3. The Hall–Kier alpha value is -2.79. The Kier molecular flexibility index (Phi) is 6.71. The van der Waals surface area contributed by atoms with E-state index in [1.807, 2.05) is 62.4 Å². The van der Waals surface area contributed by atoms with E-state index in [-0.39, 0.29) is 6.10 Å². The van der Waals surface area contributed by atoms with Gasteiger partial charge >= 0.3 is 0 Å². The molecule has 3 aromatic rings. The van der Waals surface area contributed by atoms with Crippen molar-refractivity contribution >= 4 is 11.0 Å². The molecule has 5 heteroatoms. The molecule has 148 valence electrons. The van der Waals surface area contributed by atoms with Crippen molar-refractivity contribution in [2.75, 3.05) is 27.4 Å². The van der Waals surface area contributed by atoms with Gasteiger partial charge in [0.2, 0.25) is 0 Å². The molecular weight excluding hydrogens is 354 g/mol. The Morgan fingerprint density at radius 3 is 2.32 bits per heavy atom. The number of fused-ring (bicyclic) bond motifs is 1. The van der Waals surface area contributed by atoms with Gasteiger partial charge in [-0.1, -0.05) is 0 Å². The van der Waals surface area contributed by atoms with Gasteiger partial charge in [-0.3, -0.25) is 4.99 Å². The quantitative estimate of drug-likeness (QED) is 0.524. The van der Waals surface area contributed by atoms with Crippen molar-refractivity contribution in [1.29, 1.82) is 0 Å². The van der Waals surface area contributed by atoms with Gasteiger partial charge in [-0.15, -0.1) is 0 Å². The molecule has 0 N–H and O–H groups in total. The smallest absolute Gasteiger partial charge is 0.137 e. The standard InChI is InChI=1S/C23H27NO4/c1-16(2)27-13-5-12-24-21-15-23(17-6-8-18(25-3)9-7-17)28-22-11-10-19(26-4)14-20(21)22/h6-11,14-16H,5,12-13H2,1-4H3. The fraction of sp³-hybridized carbons (Fsp3) is 0.348. The molecule has 0 aliphatic rings. The minimum atomic E-state index is 0.238. The van der Waals surface area contributed by atoms with Gasteiger partial charge in [0, 0.05) is 30.2 Å². The van der Waals surface area contributed by atoms with Crippen molar-refractivity contribution in [2.45, 2.75) is 26.4 Å². The normalized spacial score (nSPS) is 12.0. The lowest BCUT2D eigenvalue weighted by Crippen LogP contribution is -2.08. The van der Waals surface area contributed by atoms with Crippen LogP contribution in [0.25, 0.3) is 22.3 Å². The van der Waals surface area contributed by atoms with Crippen molar-refractivity contribution in [3.05, 3.63) is 53.9 Å². The van der Waals surface area contributed by atoms with Crippen LogP contribution in [0, 0.1) is 0 Å². The summed E-state index contributed by atoms with van der Waals surface area (Å²) in [5.74, 6) is 2.35. The first-order valence-corrected chi connectivity index (χ1v) is 9.49. The molecule has 3 rings (SSSR count). The molecular formula is C23H27NO4. The van der Waals surface area contributed by atoms with Crippen LogP contribution in [0.1, 0.15) is 20.3 Å². The summed E-state index contributed by atoms with van der Waals surface area (Å²) in [5.41, 5.74) is 1.74. The van der Waals surface area contributed by atoms with Crippen LogP contribution in [0.3, 0.4) is 0 Å². The monoisotopic (exact) mass is 381 g/mol. The van der Waals surface area contributed by atoms with Gasteiger partial charge < -0.3 is 18.6 Å². The number of rotatable bonds is 8. The summed E-state index contributed by atoms with van der Waals surface area (Å²) in [6, 6.07) is 15.5. The first kappa shape index (κ1) is 20.0. The van der Waals surface area contributed by atoms with Crippen molar-refractivity contribution < 1.29 is 18.6 Å². The van der Waals surface area contributed by atoms with E-state index in [9.17, 15) is 0 Å². The molecule has 0 unspecified atom stereocenters. The maximum Gasteiger partial charge on any atom is 0.137 e. The number of hydrogen-bond donors (Lipinski definition) is 0. The minimum absolute atomic E-state index is 0.238. The van der Waals surface area contributed by atoms with Crippen molar-refractivity contribution in [3.63, 3.8) is 0 Å². The molecule has 0 saturated heterocycles. The van der Waals surface area contributed by atoms with Crippen molar-refractivity contribution in [1.82, 2.24) is 0 Å². The maximum absolute atomic E-state index is 6.14. The molecule has 28 heavy (non-hydrogen) atoms. The molecule has 0 fully saturated rings. The number of methoxy groups -OCH3 is 2. The molecule has 0 aliphatic heterocycles. The second-order valence-electron chi connectivity index (χ2n) is 6.74. The van der Waals surface area contributed by atoms with Crippen LogP contribution in [-0.4, -0.2) is 33.5 Å². The fourth-order valence-corrected chi connectivity index (χ4v) is 2.89. The van der Waals surface area contributed by atoms with Crippen molar-refractivity contribution in [2.24, 2.45) is 4.99 Å². The highest BCUT2D eigenvalue weighted by Crippen LogP contribution is 2.26. The maximum atomic E-state index is 6.14. The Bertz CT molecular complexity index is 974. The summed E-state index contributed by atoms with van der Waals surface area (Å²) in [7, 11) is 3.31. The molecule has 0 bridgehead atoms. The van der Waals surface area contributed by atoms with Crippen LogP contribution in [0.4, 0.5) is 0 Å². The molecule has 1 aromatic heterocycles. The number of benzene rings is 2. The lowest BCUT2D eigenvalue weighted by Gasteiger charge is -2.08. The topological polar surface area (TPSA) is 53.2 Å². The highest BCUT2D eigenvalue weighted by atomic mass is 16.5. The molecule has 0 spiro atoms. The van der Waals surface area contributed by atoms with Gasteiger partial charge in [-0.2, -0.15) is 0 Å².